The minimum absolute atomic E-state index is 0.0440. The third-order valence-electron chi connectivity index (χ3n) is 3.11. The lowest BCUT2D eigenvalue weighted by Crippen LogP contribution is -2.19. The summed E-state index contributed by atoms with van der Waals surface area (Å²) in [6.07, 6.45) is 4.60. The molecule has 0 radical (unpaired) electrons. The molecule has 17 heavy (non-hydrogen) atoms. The Bertz CT molecular complexity index is 463. The first-order valence-electron chi connectivity index (χ1n) is 5.94. The molecule has 2 unspecified atom stereocenters. The Morgan fingerprint density at radius 3 is 2.82 bits per heavy atom. The Morgan fingerprint density at radius 1 is 1.35 bits per heavy atom. The van der Waals surface area contributed by atoms with Crippen LogP contribution in [0.2, 0.25) is 0 Å². The smallest absolute Gasteiger partial charge is 0.123 e. The Kier molecular flexibility index (Phi) is 3.54. The number of hydrogen-bond donors (Lipinski definition) is 2. The van der Waals surface area contributed by atoms with Gasteiger partial charge in [0.25, 0.3) is 0 Å². The fourth-order valence-electron chi connectivity index (χ4n) is 1.68. The molecule has 0 aliphatic heterocycles. The van der Waals surface area contributed by atoms with Gasteiger partial charge in [-0.25, -0.2) is 4.98 Å². The lowest BCUT2D eigenvalue weighted by Gasteiger charge is -2.15. The lowest BCUT2D eigenvalue weighted by molar-refractivity contribution is 0.441. The van der Waals surface area contributed by atoms with Gasteiger partial charge in [-0.1, -0.05) is 26.3 Å². The minimum atomic E-state index is -0.0440. The zero-order valence-electron chi connectivity index (χ0n) is 10.2. The third kappa shape index (κ3) is 2.53. The van der Waals surface area contributed by atoms with Crippen molar-refractivity contribution >= 4 is 0 Å². The van der Waals surface area contributed by atoms with Gasteiger partial charge < -0.3 is 10.7 Å². The largest absolute Gasteiger partial charge is 0.339 e. The highest BCUT2D eigenvalue weighted by atomic mass is 15.0. The molecule has 2 heterocycles. The number of hydrogen-bond acceptors (Lipinski definition) is 3. The van der Waals surface area contributed by atoms with Crippen molar-refractivity contribution in [3.8, 4) is 11.4 Å². The van der Waals surface area contributed by atoms with E-state index in [1.165, 1.54) is 0 Å². The van der Waals surface area contributed by atoms with Crippen molar-refractivity contribution < 1.29 is 0 Å². The number of imidazole rings is 1. The van der Waals surface area contributed by atoms with E-state index in [4.69, 9.17) is 5.73 Å². The van der Waals surface area contributed by atoms with Gasteiger partial charge in [0.1, 0.15) is 5.82 Å². The average molecular weight is 230 g/mol. The zero-order valence-corrected chi connectivity index (χ0v) is 10.2. The van der Waals surface area contributed by atoms with Crippen molar-refractivity contribution in [2.75, 3.05) is 0 Å². The maximum atomic E-state index is 6.13. The molecule has 0 bridgehead atoms. The molecule has 4 nitrogen and oxygen atoms in total. The van der Waals surface area contributed by atoms with E-state index in [9.17, 15) is 0 Å². The van der Waals surface area contributed by atoms with Crippen LogP contribution in [0.3, 0.4) is 0 Å². The van der Waals surface area contributed by atoms with E-state index in [0.717, 1.165) is 23.6 Å². The molecule has 2 atom stereocenters. The number of aromatic nitrogens is 3. The highest BCUT2D eigenvalue weighted by Gasteiger charge is 2.16. The molecular formula is C13H18N4. The molecule has 0 aliphatic rings. The highest BCUT2D eigenvalue weighted by Crippen LogP contribution is 2.21. The van der Waals surface area contributed by atoms with Crippen molar-refractivity contribution in [2.45, 2.75) is 26.3 Å². The van der Waals surface area contributed by atoms with Crippen LogP contribution in [0, 0.1) is 5.92 Å². The number of rotatable bonds is 4. The summed E-state index contributed by atoms with van der Waals surface area (Å²) in [7, 11) is 0. The first-order valence-corrected chi connectivity index (χ1v) is 5.94. The molecule has 0 saturated heterocycles. The topological polar surface area (TPSA) is 67.6 Å². The zero-order chi connectivity index (χ0) is 12.3. The molecule has 0 aliphatic carbocycles. The van der Waals surface area contributed by atoms with Crippen molar-refractivity contribution in [1.82, 2.24) is 15.0 Å². The van der Waals surface area contributed by atoms with Crippen LogP contribution in [-0.4, -0.2) is 15.0 Å². The molecule has 0 fully saturated rings. The monoisotopic (exact) mass is 230 g/mol. The number of H-pyrrole nitrogens is 1. The summed E-state index contributed by atoms with van der Waals surface area (Å²) in [4.78, 5) is 11.9. The average Bonchev–Trinajstić information content (AvgIpc) is 2.87. The number of aromatic amines is 1. The van der Waals surface area contributed by atoms with Crippen molar-refractivity contribution in [3.05, 3.63) is 36.4 Å². The van der Waals surface area contributed by atoms with E-state index in [0.29, 0.717) is 5.92 Å². The quantitative estimate of drug-likeness (QED) is 0.848. The van der Waals surface area contributed by atoms with Crippen molar-refractivity contribution in [1.29, 1.82) is 0 Å². The van der Waals surface area contributed by atoms with E-state index in [-0.39, 0.29) is 6.04 Å². The molecular weight excluding hydrogens is 212 g/mol. The van der Waals surface area contributed by atoms with Gasteiger partial charge in [0.2, 0.25) is 0 Å². The Morgan fingerprint density at radius 2 is 2.18 bits per heavy atom. The Labute approximate surface area is 101 Å². The first kappa shape index (κ1) is 11.8. The Hall–Kier alpha value is -1.68. The van der Waals surface area contributed by atoms with E-state index in [1.54, 1.807) is 12.4 Å². The van der Waals surface area contributed by atoms with Crippen LogP contribution in [0.4, 0.5) is 0 Å². The van der Waals surface area contributed by atoms with Gasteiger partial charge in [-0.3, -0.25) is 4.98 Å². The fraction of sp³-hybridized carbons (Fsp3) is 0.385. The van der Waals surface area contributed by atoms with Crippen molar-refractivity contribution in [3.63, 3.8) is 0 Å². The number of nitrogens with two attached hydrogens (primary N) is 1. The molecule has 2 rings (SSSR count). The predicted molar refractivity (Wildman–Crippen MR) is 68.2 cm³/mol. The molecule has 90 valence electrons. The normalized spacial score (nSPS) is 14.5. The highest BCUT2D eigenvalue weighted by molar-refractivity contribution is 5.52. The number of nitrogens with zero attached hydrogens (tertiary/aromatic N) is 2. The maximum Gasteiger partial charge on any atom is 0.123 e. The van der Waals surface area contributed by atoms with Gasteiger partial charge >= 0.3 is 0 Å². The molecule has 0 saturated carbocycles. The maximum absolute atomic E-state index is 6.13. The second-order valence-corrected chi connectivity index (χ2v) is 4.31. The molecule has 3 N–H and O–H groups in total. The third-order valence-corrected chi connectivity index (χ3v) is 3.11. The van der Waals surface area contributed by atoms with Gasteiger partial charge in [-0.05, 0) is 18.1 Å². The molecule has 2 aromatic rings. The van der Waals surface area contributed by atoms with Crippen LogP contribution in [-0.2, 0) is 0 Å². The summed E-state index contributed by atoms with van der Waals surface area (Å²) >= 11 is 0. The summed E-state index contributed by atoms with van der Waals surface area (Å²) < 4.78 is 0. The van der Waals surface area contributed by atoms with E-state index in [2.05, 4.69) is 28.8 Å². The Balaban J connectivity index is 2.22. The van der Waals surface area contributed by atoms with Gasteiger partial charge in [0.15, 0.2) is 0 Å². The van der Waals surface area contributed by atoms with Gasteiger partial charge in [-0.15, -0.1) is 0 Å². The second kappa shape index (κ2) is 5.10. The predicted octanol–water partition coefficient (Wildman–Crippen LogP) is 2.52. The van der Waals surface area contributed by atoms with Crippen LogP contribution < -0.4 is 5.73 Å². The van der Waals surface area contributed by atoms with Crippen LogP contribution in [0.5, 0.6) is 0 Å². The molecule has 0 aromatic carbocycles. The van der Waals surface area contributed by atoms with Crippen LogP contribution in [0.1, 0.15) is 32.1 Å². The van der Waals surface area contributed by atoms with Crippen LogP contribution >= 0.6 is 0 Å². The first-order chi connectivity index (χ1) is 8.22. The second-order valence-electron chi connectivity index (χ2n) is 4.31. The number of nitrogens with one attached hydrogen (secondary N) is 1. The summed E-state index contributed by atoms with van der Waals surface area (Å²) in [6.45, 7) is 4.26. The fourth-order valence-corrected chi connectivity index (χ4v) is 1.68. The van der Waals surface area contributed by atoms with Crippen LogP contribution in [0.25, 0.3) is 11.4 Å². The molecule has 0 spiro atoms. The summed E-state index contributed by atoms with van der Waals surface area (Å²) in [5.41, 5.74) is 7.93. The van der Waals surface area contributed by atoms with E-state index in [1.807, 2.05) is 18.2 Å². The summed E-state index contributed by atoms with van der Waals surface area (Å²) in [6, 6.07) is 5.76. The van der Waals surface area contributed by atoms with Crippen molar-refractivity contribution in [2.24, 2.45) is 11.7 Å². The van der Waals surface area contributed by atoms with E-state index >= 15 is 0 Å². The molecule has 2 aromatic heterocycles. The van der Waals surface area contributed by atoms with Gasteiger partial charge in [0, 0.05) is 6.20 Å². The van der Waals surface area contributed by atoms with Crippen LogP contribution in [0.15, 0.2) is 30.6 Å². The molecule has 4 heteroatoms. The standard InChI is InChI=1S/C13H18N4/c1-3-9(2)12(14)13-16-8-11(17-13)10-6-4-5-7-15-10/h4-9,12H,3,14H2,1-2H3,(H,16,17). The van der Waals surface area contributed by atoms with Gasteiger partial charge in [0.05, 0.1) is 23.6 Å². The van der Waals surface area contributed by atoms with E-state index < -0.39 is 0 Å². The lowest BCUT2D eigenvalue weighted by atomic mass is 10.00. The summed E-state index contributed by atoms with van der Waals surface area (Å²) in [5.74, 6) is 1.25. The summed E-state index contributed by atoms with van der Waals surface area (Å²) in [5, 5.41) is 0. The minimum Gasteiger partial charge on any atom is -0.339 e. The van der Waals surface area contributed by atoms with Gasteiger partial charge in [-0.2, -0.15) is 0 Å². The SMILES string of the molecule is CCC(C)C(N)c1ncc(-c2ccccn2)[nH]1. The molecule has 0 amide bonds. The number of pyridine rings is 1.